The van der Waals surface area contributed by atoms with Crippen LogP contribution in [0.15, 0.2) is 21.2 Å². The van der Waals surface area contributed by atoms with Gasteiger partial charge in [0.2, 0.25) is 5.71 Å². The number of hydrogen-bond acceptors (Lipinski definition) is 4. The molecule has 0 amide bonds. The summed E-state index contributed by atoms with van der Waals surface area (Å²) in [6.07, 6.45) is 1.59. The Morgan fingerprint density at radius 2 is 2.36 bits per heavy atom. The number of halogens is 1. The van der Waals surface area contributed by atoms with Gasteiger partial charge in [0.15, 0.2) is 11.5 Å². The lowest BCUT2D eigenvalue weighted by molar-refractivity contribution is 0.0990. The van der Waals surface area contributed by atoms with Crippen LogP contribution < -0.4 is 5.73 Å². The van der Waals surface area contributed by atoms with Crippen LogP contribution in [0, 0.1) is 0 Å². The van der Waals surface area contributed by atoms with Crippen molar-refractivity contribution in [3.63, 3.8) is 0 Å². The fourth-order valence-corrected chi connectivity index (χ4v) is 1.57. The second kappa shape index (κ2) is 3.09. The Morgan fingerprint density at radius 3 is 3.00 bits per heavy atom. The maximum atomic E-state index is 11.1. The summed E-state index contributed by atoms with van der Waals surface area (Å²) in [5, 5.41) is 0.657. The predicted molar refractivity (Wildman–Crippen MR) is 56.1 cm³/mol. The van der Waals surface area contributed by atoms with Crippen LogP contribution in [0.5, 0.6) is 0 Å². The molecule has 0 atom stereocenters. The largest absolute Gasteiger partial charge is 0.432 e. The summed E-state index contributed by atoms with van der Waals surface area (Å²) in [7, 11) is 0. The van der Waals surface area contributed by atoms with Gasteiger partial charge >= 0.3 is 0 Å². The van der Waals surface area contributed by atoms with Gasteiger partial charge in [-0.1, -0.05) is 0 Å². The lowest BCUT2D eigenvalue weighted by Crippen LogP contribution is -1.94. The fraction of sp³-hybridized carbons (Fsp3) is 0.111. The molecule has 4 nitrogen and oxygen atoms in total. The van der Waals surface area contributed by atoms with Gasteiger partial charge in [-0.15, -0.1) is 0 Å². The Bertz CT molecular complexity index is 519. The van der Waals surface area contributed by atoms with Crippen LogP contribution in [0.25, 0.3) is 11.1 Å². The number of furan rings is 1. The van der Waals surface area contributed by atoms with E-state index < -0.39 is 0 Å². The lowest BCUT2D eigenvalue weighted by Gasteiger charge is -1.90. The summed E-state index contributed by atoms with van der Waals surface area (Å²) in [5.41, 5.74) is 6.47. The number of aromatic nitrogens is 1. The minimum atomic E-state index is -0.198. The zero-order valence-electron chi connectivity index (χ0n) is 7.37. The number of rotatable bonds is 1. The molecule has 2 aromatic rings. The molecular weight excluding hydrogens is 248 g/mol. The zero-order chi connectivity index (χ0) is 10.3. The maximum absolute atomic E-state index is 11.1. The highest BCUT2D eigenvalue weighted by molar-refractivity contribution is 9.10. The van der Waals surface area contributed by atoms with Crippen LogP contribution in [0.1, 0.15) is 17.5 Å². The van der Waals surface area contributed by atoms with Gasteiger partial charge in [0.25, 0.3) is 0 Å². The van der Waals surface area contributed by atoms with Crippen molar-refractivity contribution in [2.75, 3.05) is 5.73 Å². The molecule has 2 N–H and O–H groups in total. The summed E-state index contributed by atoms with van der Waals surface area (Å²) in [6, 6.07) is 1.77. The van der Waals surface area contributed by atoms with Crippen LogP contribution in [0.4, 0.5) is 5.69 Å². The van der Waals surface area contributed by atoms with Crippen molar-refractivity contribution in [1.29, 1.82) is 0 Å². The van der Waals surface area contributed by atoms with Crippen molar-refractivity contribution < 1.29 is 9.21 Å². The lowest BCUT2D eigenvalue weighted by atomic mass is 10.2. The summed E-state index contributed by atoms with van der Waals surface area (Å²) < 4.78 is 6.01. The number of nitrogens with two attached hydrogens (primary N) is 1. The van der Waals surface area contributed by atoms with Crippen LogP contribution in [0.2, 0.25) is 0 Å². The summed E-state index contributed by atoms with van der Waals surface area (Å²) >= 11 is 3.27. The number of ketones is 1. The SMILES string of the molecule is CC(=O)c1oc2ncc(Br)cc2c1N. The summed E-state index contributed by atoms with van der Waals surface area (Å²) in [6.45, 7) is 1.41. The molecule has 0 aliphatic heterocycles. The molecule has 0 aliphatic carbocycles. The van der Waals surface area contributed by atoms with Crippen molar-refractivity contribution in [3.05, 3.63) is 22.5 Å². The minimum absolute atomic E-state index is 0.172. The molecule has 2 aromatic heterocycles. The topological polar surface area (TPSA) is 69.1 Å². The Kier molecular flexibility index (Phi) is 2.03. The van der Waals surface area contributed by atoms with E-state index in [1.54, 1.807) is 12.3 Å². The van der Waals surface area contributed by atoms with E-state index in [0.717, 1.165) is 4.47 Å². The van der Waals surface area contributed by atoms with Gasteiger partial charge in [0.05, 0.1) is 11.1 Å². The number of Topliss-reactive ketones (excluding diaryl/α,β-unsaturated/α-hetero) is 1. The van der Waals surface area contributed by atoms with E-state index in [1.807, 2.05) is 0 Å². The first-order valence-corrected chi connectivity index (χ1v) is 4.73. The number of carbonyl (C=O) groups is 1. The van der Waals surface area contributed by atoms with E-state index in [2.05, 4.69) is 20.9 Å². The third-order valence-electron chi connectivity index (χ3n) is 1.87. The Balaban J connectivity index is 2.80. The molecule has 0 aliphatic rings. The highest BCUT2D eigenvalue weighted by Crippen LogP contribution is 2.28. The average Bonchev–Trinajstić information content (AvgIpc) is 2.44. The number of nitrogens with zero attached hydrogens (tertiary/aromatic N) is 1. The maximum Gasteiger partial charge on any atom is 0.229 e. The van der Waals surface area contributed by atoms with Gasteiger partial charge in [-0.2, -0.15) is 0 Å². The number of carbonyl (C=O) groups excluding carboxylic acids is 1. The number of pyridine rings is 1. The van der Waals surface area contributed by atoms with Gasteiger partial charge in [-0.05, 0) is 22.0 Å². The second-order valence-corrected chi connectivity index (χ2v) is 3.82. The molecule has 0 aromatic carbocycles. The Hall–Kier alpha value is -1.36. The van der Waals surface area contributed by atoms with Gasteiger partial charge in [0, 0.05) is 17.6 Å². The van der Waals surface area contributed by atoms with Crippen molar-refractivity contribution in [2.45, 2.75) is 6.92 Å². The number of nitrogen functional groups attached to an aromatic ring is 1. The van der Waals surface area contributed by atoms with E-state index >= 15 is 0 Å². The van der Waals surface area contributed by atoms with Gasteiger partial charge in [-0.3, -0.25) is 4.79 Å². The van der Waals surface area contributed by atoms with Crippen molar-refractivity contribution in [2.24, 2.45) is 0 Å². The molecule has 0 unspecified atom stereocenters. The average molecular weight is 255 g/mol. The molecule has 5 heteroatoms. The number of fused-ring (bicyclic) bond motifs is 1. The molecule has 14 heavy (non-hydrogen) atoms. The molecule has 0 saturated carbocycles. The second-order valence-electron chi connectivity index (χ2n) is 2.91. The van der Waals surface area contributed by atoms with Gasteiger partial charge in [0.1, 0.15) is 0 Å². The zero-order valence-corrected chi connectivity index (χ0v) is 8.96. The van der Waals surface area contributed by atoms with Crippen molar-refractivity contribution >= 4 is 38.5 Å². The standard InChI is InChI=1S/C9H7BrN2O2/c1-4(13)8-7(11)6-2-5(10)3-12-9(6)14-8/h2-3H,11H2,1H3. The Morgan fingerprint density at radius 1 is 1.64 bits per heavy atom. The number of hydrogen-bond donors (Lipinski definition) is 1. The molecule has 0 bridgehead atoms. The highest BCUT2D eigenvalue weighted by atomic mass is 79.9. The molecule has 2 heterocycles. The molecule has 2 rings (SSSR count). The monoisotopic (exact) mass is 254 g/mol. The molecule has 72 valence electrons. The van der Waals surface area contributed by atoms with Gasteiger partial charge < -0.3 is 10.2 Å². The minimum Gasteiger partial charge on any atom is -0.432 e. The quantitative estimate of drug-likeness (QED) is 0.794. The van der Waals surface area contributed by atoms with Crippen LogP contribution in [-0.4, -0.2) is 10.8 Å². The fourth-order valence-electron chi connectivity index (χ4n) is 1.24. The van der Waals surface area contributed by atoms with Crippen molar-refractivity contribution in [3.8, 4) is 0 Å². The highest BCUT2D eigenvalue weighted by Gasteiger charge is 2.15. The molecule has 0 radical (unpaired) electrons. The van der Waals surface area contributed by atoms with E-state index in [0.29, 0.717) is 16.8 Å². The normalized spacial score (nSPS) is 10.7. The first-order chi connectivity index (χ1) is 6.59. The summed E-state index contributed by atoms with van der Waals surface area (Å²) in [4.78, 5) is 15.1. The van der Waals surface area contributed by atoms with Crippen LogP contribution in [-0.2, 0) is 0 Å². The van der Waals surface area contributed by atoms with Gasteiger partial charge in [-0.25, -0.2) is 4.98 Å². The van der Waals surface area contributed by atoms with Crippen LogP contribution >= 0.6 is 15.9 Å². The number of anilines is 1. The first-order valence-electron chi connectivity index (χ1n) is 3.94. The first kappa shape index (κ1) is 9.21. The van der Waals surface area contributed by atoms with Crippen LogP contribution in [0.3, 0.4) is 0 Å². The molecule has 0 fully saturated rings. The molecular formula is C9H7BrN2O2. The smallest absolute Gasteiger partial charge is 0.229 e. The third kappa shape index (κ3) is 1.29. The predicted octanol–water partition coefficient (Wildman–Crippen LogP) is 2.38. The van der Waals surface area contributed by atoms with E-state index in [9.17, 15) is 4.79 Å². The summed E-state index contributed by atoms with van der Waals surface area (Å²) in [5.74, 6) is -0.0257. The van der Waals surface area contributed by atoms with E-state index in [1.165, 1.54) is 6.92 Å². The van der Waals surface area contributed by atoms with E-state index in [4.69, 9.17) is 10.2 Å². The van der Waals surface area contributed by atoms with E-state index in [-0.39, 0.29) is 11.5 Å². The molecule has 0 spiro atoms. The molecule has 0 saturated heterocycles. The third-order valence-corrected chi connectivity index (χ3v) is 2.30. The van der Waals surface area contributed by atoms with Crippen molar-refractivity contribution in [1.82, 2.24) is 4.98 Å². The Labute approximate surface area is 88.2 Å².